The molecule has 3 heteroatoms. The van der Waals surface area contributed by atoms with Crippen molar-refractivity contribution in [3.63, 3.8) is 0 Å². The van der Waals surface area contributed by atoms with E-state index in [1.807, 2.05) is 48.5 Å². The van der Waals surface area contributed by atoms with E-state index in [-0.39, 0.29) is 17.9 Å². The van der Waals surface area contributed by atoms with Crippen LogP contribution in [0.2, 0.25) is 0 Å². The van der Waals surface area contributed by atoms with Crippen molar-refractivity contribution in [2.45, 2.75) is 19.4 Å². The molecule has 1 fully saturated rings. The zero-order valence-corrected chi connectivity index (χ0v) is 11.5. The minimum atomic E-state index is -0.169. The average Bonchev–Trinajstić information content (AvgIpc) is 3.23. The van der Waals surface area contributed by atoms with Gasteiger partial charge in [-0.2, -0.15) is 0 Å². The van der Waals surface area contributed by atoms with Gasteiger partial charge in [0, 0.05) is 12.1 Å². The molecule has 0 radical (unpaired) electrons. The van der Waals surface area contributed by atoms with E-state index in [2.05, 4.69) is 17.2 Å². The fraction of sp³-hybridized carbons (Fsp3) is 0.294. The Morgan fingerprint density at radius 3 is 2.50 bits per heavy atom. The maximum Gasteiger partial charge on any atom is 0.224 e. The monoisotopic (exact) mass is 266 g/mol. The number of pyridine rings is 1. The van der Waals surface area contributed by atoms with E-state index >= 15 is 0 Å². The molecule has 3 atom stereocenters. The molecule has 1 aromatic heterocycles. The summed E-state index contributed by atoms with van der Waals surface area (Å²) in [5.41, 5.74) is 1.94. The molecule has 1 N–H and O–H groups in total. The second-order valence-electron chi connectivity index (χ2n) is 5.43. The van der Waals surface area contributed by atoms with Gasteiger partial charge in [-0.1, -0.05) is 43.3 Å². The zero-order chi connectivity index (χ0) is 13.9. The topological polar surface area (TPSA) is 42.0 Å². The van der Waals surface area contributed by atoms with Gasteiger partial charge in [-0.15, -0.1) is 0 Å². The summed E-state index contributed by atoms with van der Waals surface area (Å²) < 4.78 is 0. The lowest BCUT2D eigenvalue weighted by molar-refractivity contribution is -0.123. The Morgan fingerprint density at radius 2 is 1.90 bits per heavy atom. The number of amides is 1. The fourth-order valence-electron chi connectivity index (χ4n) is 2.46. The second kappa shape index (κ2) is 5.45. The lowest BCUT2D eigenvalue weighted by Gasteiger charge is -2.19. The summed E-state index contributed by atoms with van der Waals surface area (Å²) in [4.78, 5) is 16.6. The summed E-state index contributed by atoms with van der Waals surface area (Å²) >= 11 is 0. The fourth-order valence-corrected chi connectivity index (χ4v) is 2.46. The molecule has 1 saturated carbocycles. The van der Waals surface area contributed by atoms with Crippen LogP contribution in [0, 0.1) is 11.8 Å². The number of hydrogen-bond acceptors (Lipinski definition) is 2. The number of nitrogens with one attached hydrogen (secondary N) is 1. The Balaban J connectivity index is 1.86. The third kappa shape index (κ3) is 2.72. The first-order valence-electron chi connectivity index (χ1n) is 7.02. The van der Waals surface area contributed by atoms with Crippen molar-refractivity contribution in [3.05, 3.63) is 66.0 Å². The molecule has 3 nitrogen and oxygen atoms in total. The van der Waals surface area contributed by atoms with Crippen molar-refractivity contribution in [2.24, 2.45) is 11.8 Å². The van der Waals surface area contributed by atoms with Crippen molar-refractivity contribution in [2.75, 3.05) is 0 Å². The molecule has 1 aromatic carbocycles. The highest BCUT2D eigenvalue weighted by atomic mass is 16.2. The molecule has 1 aliphatic carbocycles. The SMILES string of the molecule is C[C@@H]1C[C@@H]1C(=O)N[C@H](c1ccccc1)c1ccccn1. The number of hydrogen-bond donors (Lipinski definition) is 1. The van der Waals surface area contributed by atoms with E-state index in [4.69, 9.17) is 0 Å². The summed E-state index contributed by atoms with van der Waals surface area (Å²) in [6.07, 6.45) is 2.76. The Hall–Kier alpha value is -2.16. The van der Waals surface area contributed by atoms with Crippen LogP contribution >= 0.6 is 0 Å². The second-order valence-corrected chi connectivity index (χ2v) is 5.43. The highest BCUT2D eigenvalue weighted by molar-refractivity contribution is 5.82. The highest BCUT2D eigenvalue weighted by Gasteiger charge is 2.40. The summed E-state index contributed by atoms with van der Waals surface area (Å²) in [5.74, 6) is 0.817. The van der Waals surface area contributed by atoms with Gasteiger partial charge in [0.1, 0.15) is 0 Å². The molecule has 0 aliphatic heterocycles. The molecule has 0 bridgehead atoms. The Morgan fingerprint density at radius 1 is 1.20 bits per heavy atom. The molecule has 0 unspecified atom stereocenters. The predicted molar refractivity (Wildman–Crippen MR) is 77.9 cm³/mol. The quantitative estimate of drug-likeness (QED) is 0.924. The molecule has 20 heavy (non-hydrogen) atoms. The van der Waals surface area contributed by atoms with Crippen molar-refractivity contribution < 1.29 is 4.79 Å². The first-order valence-corrected chi connectivity index (χ1v) is 7.02. The predicted octanol–water partition coefficient (Wildman–Crippen LogP) is 2.94. The van der Waals surface area contributed by atoms with Gasteiger partial charge in [-0.05, 0) is 30.0 Å². The van der Waals surface area contributed by atoms with Crippen LogP contribution in [0.1, 0.15) is 30.6 Å². The van der Waals surface area contributed by atoms with Gasteiger partial charge < -0.3 is 5.32 Å². The molecule has 1 aliphatic rings. The van der Waals surface area contributed by atoms with E-state index in [0.29, 0.717) is 5.92 Å². The zero-order valence-electron chi connectivity index (χ0n) is 11.5. The van der Waals surface area contributed by atoms with Gasteiger partial charge >= 0.3 is 0 Å². The summed E-state index contributed by atoms with van der Waals surface area (Å²) in [6, 6.07) is 15.6. The largest absolute Gasteiger partial charge is 0.343 e. The third-order valence-electron chi connectivity index (χ3n) is 3.85. The van der Waals surface area contributed by atoms with Crippen LogP contribution in [-0.2, 0) is 4.79 Å². The Kier molecular flexibility index (Phi) is 3.50. The van der Waals surface area contributed by atoms with E-state index in [1.54, 1.807) is 6.20 Å². The van der Waals surface area contributed by atoms with Crippen molar-refractivity contribution in [3.8, 4) is 0 Å². The first kappa shape index (κ1) is 12.9. The Bertz CT molecular complexity index is 543. The van der Waals surface area contributed by atoms with E-state index in [1.165, 1.54) is 0 Å². The van der Waals surface area contributed by atoms with Crippen LogP contribution in [0.3, 0.4) is 0 Å². The van der Waals surface area contributed by atoms with Crippen LogP contribution in [0.25, 0.3) is 0 Å². The lowest BCUT2D eigenvalue weighted by atomic mass is 10.0. The van der Waals surface area contributed by atoms with E-state index in [9.17, 15) is 4.79 Å². The van der Waals surface area contributed by atoms with E-state index in [0.717, 1.165) is 17.7 Å². The maximum absolute atomic E-state index is 12.2. The summed E-state index contributed by atoms with van der Waals surface area (Å²) in [7, 11) is 0. The minimum absolute atomic E-state index is 0.136. The normalized spacial score (nSPS) is 22.1. The van der Waals surface area contributed by atoms with Crippen LogP contribution in [0.5, 0.6) is 0 Å². The molecule has 3 rings (SSSR count). The van der Waals surface area contributed by atoms with Gasteiger partial charge in [-0.25, -0.2) is 0 Å². The first-order chi connectivity index (χ1) is 9.75. The molecule has 102 valence electrons. The maximum atomic E-state index is 12.2. The van der Waals surface area contributed by atoms with Crippen LogP contribution in [0.15, 0.2) is 54.7 Å². The summed E-state index contributed by atoms with van der Waals surface area (Å²) in [6.45, 7) is 2.11. The van der Waals surface area contributed by atoms with Crippen LogP contribution < -0.4 is 5.32 Å². The van der Waals surface area contributed by atoms with E-state index < -0.39 is 0 Å². The molecule has 2 aromatic rings. The number of carbonyl (C=O) groups excluding carboxylic acids is 1. The van der Waals surface area contributed by atoms with Gasteiger partial charge in [0.05, 0.1) is 11.7 Å². The van der Waals surface area contributed by atoms with Crippen molar-refractivity contribution >= 4 is 5.91 Å². The standard InChI is InChI=1S/C17H18N2O/c1-12-11-14(12)17(20)19-16(13-7-3-2-4-8-13)15-9-5-6-10-18-15/h2-10,12,14,16H,11H2,1H3,(H,19,20)/t12-,14+,16-/m1/s1. The Labute approximate surface area is 119 Å². The smallest absolute Gasteiger partial charge is 0.224 e. The number of aromatic nitrogens is 1. The number of rotatable bonds is 4. The number of nitrogens with zero attached hydrogens (tertiary/aromatic N) is 1. The van der Waals surface area contributed by atoms with Gasteiger partial charge in [0.15, 0.2) is 0 Å². The highest BCUT2D eigenvalue weighted by Crippen LogP contribution is 2.38. The number of benzene rings is 1. The minimum Gasteiger partial charge on any atom is -0.343 e. The van der Waals surface area contributed by atoms with Gasteiger partial charge in [0.2, 0.25) is 5.91 Å². The van der Waals surface area contributed by atoms with Gasteiger partial charge in [0.25, 0.3) is 0 Å². The van der Waals surface area contributed by atoms with Crippen LogP contribution in [-0.4, -0.2) is 10.9 Å². The van der Waals surface area contributed by atoms with Crippen LogP contribution in [0.4, 0.5) is 0 Å². The lowest BCUT2D eigenvalue weighted by Crippen LogP contribution is -2.31. The molecular formula is C17H18N2O. The molecule has 0 saturated heterocycles. The third-order valence-corrected chi connectivity index (χ3v) is 3.85. The number of carbonyl (C=O) groups is 1. The van der Waals surface area contributed by atoms with Gasteiger partial charge in [-0.3, -0.25) is 9.78 Å². The molecule has 1 amide bonds. The average molecular weight is 266 g/mol. The van der Waals surface area contributed by atoms with Crippen molar-refractivity contribution in [1.82, 2.24) is 10.3 Å². The molecule has 1 heterocycles. The molecule has 0 spiro atoms. The molecular weight excluding hydrogens is 248 g/mol. The summed E-state index contributed by atoms with van der Waals surface area (Å²) in [5, 5.41) is 3.14. The van der Waals surface area contributed by atoms with Crippen molar-refractivity contribution in [1.29, 1.82) is 0 Å².